The first kappa shape index (κ1) is 16.7. The Morgan fingerprint density at radius 3 is 2.83 bits per heavy atom. The molecule has 1 aromatic carbocycles. The van der Waals surface area contributed by atoms with Gasteiger partial charge in [-0.25, -0.2) is 0 Å². The zero-order chi connectivity index (χ0) is 16.9. The summed E-state index contributed by atoms with van der Waals surface area (Å²) < 4.78 is 0. The number of nitrogens with one attached hydrogen (secondary N) is 1. The highest BCUT2D eigenvalue weighted by atomic mass is 16.2. The van der Waals surface area contributed by atoms with E-state index in [1.165, 1.54) is 12.0 Å². The van der Waals surface area contributed by atoms with Crippen LogP contribution in [0.25, 0.3) is 0 Å². The van der Waals surface area contributed by atoms with Gasteiger partial charge in [0.1, 0.15) is 0 Å². The number of likely N-dealkylation sites (N-methyl/N-ethyl adjacent to an activating group) is 1. The Bertz CT molecular complexity index is 667. The van der Waals surface area contributed by atoms with E-state index < -0.39 is 0 Å². The maximum absolute atomic E-state index is 13.0. The van der Waals surface area contributed by atoms with Crippen molar-refractivity contribution in [3.8, 4) is 0 Å². The van der Waals surface area contributed by atoms with E-state index in [-0.39, 0.29) is 11.9 Å². The highest BCUT2D eigenvalue weighted by Crippen LogP contribution is 2.22. The number of aromatic amines is 1. The third-order valence-corrected chi connectivity index (χ3v) is 4.85. The molecule has 1 atom stereocenters. The molecule has 0 bridgehead atoms. The van der Waals surface area contributed by atoms with Crippen LogP contribution in [0.3, 0.4) is 0 Å². The molecule has 1 aliphatic rings. The Balaban J connectivity index is 1.67. The molecule has 24 heavy (non-hydrogen) atoms. The number of H-pyrrole nitrogens is 1. The zero-order valence-corrected chi connectivity index (χ0v) is 14.5. The maximum Gasteiger partial charge on any atom is 0.239 e. The molecule has 0 radical (unpaired) electrons. The Morgan fingerprint density at radius 2 is 2.12 bits per heavy atom. The first-order valence-corrected chi connectivity index (χ1v) is 8.67. The fourth-order valence-corrected chi connectivity index (χ4v) is 3.40. The molecular formula is C19H26N4O. The van der Waals surface area contributed by atoms with E-state index >= 15 is 0 Å². The van der Waals surface area contributed by atoms with Crippen LogP contribution in [0, 0.1) is 6.92 Å². The van der Waals surface area contributed by atoms with Crippen LogP contribution in [0.1, 0.15) is 36.1 Å². The predicted octanol–water partition coefficient (Wildman–Crippen LogP) is 2.73. The summed E-state index contributed by atoms with van der Waals surface area (Å²) in [6.07, 6.45) is 5.05. The fourth-order valence-electron chi connectivity index (χ4n) is 3.40. The molecule has 0 unspecified atom stereocenters. The van der Waals surface area contributed by atoms with Crippen molar-refractivity contribution in [2.75, 3.05) is 13.6 Å². The summed E-state index contributed by atoms with van der Waals surface area (Å²) in [5.74, 6) is 0.214. The van der Waals surface area contributed by atoms with E-state index in [1.807, 2.05) is 31.1 Å². The van der Waals surface area contributed by atoms with Gasteiger partial charge in [0.25, 0.3) is 0 Å². The van der Waals surface area contributed by atoms with Gasteiger partial charge in [-0.15, -0.1) is 0 Å². The summed E-state index contributed by atoms with van der Waals surface area (Å²) in [5.41, 5.74) is 3.38. The predicted molar refractivity (Wildman–Crippen MR) is 94.3 cm³/mol. The number of nitrogens with zero attached hydrogens (tertiary/aromatic N) is 3. The van der Waals surface area contributed by atoms with Crippen LogP contribution >= 0.6 is 0 Å². The van der Waals surface area contributed by atoms with Gasteiger partial charge in [0, 0.05) is 31.4 Å². The number of aromatic nitrogens is 2. The van der Waals surface area contributed by atoms with Gasteiger partial charge < -0.3 is 4.90 Å². The van der Waals surface area contributed by atoms with Crippen LogP contribution in [0.15, 0.2) is 36.5 Å². The van der Waals surface area contributed by atoms with Crippen LogP contribution < -0.4 is 0 Å². The minimum Gasteiger partial charge on any atom is -0.340 e. The third kappa shape index (κ3) is 3.85. The van der Waals surface area contributed by atoms with Crippen molar-refractivity contribution in [3.05, 3.63) is 53.3 Å². The van der Waals surface area contributed by atoms with Crippen molar-refractivity contribution >= 4 is 5.91 Å². The molecule has 1 aliphatic heterocycles. The molecule has 2 aromatic rings. The number of carbonyl (C=O) groups is 1. The third-order valence-electron chi connectivity index (χ3n) is 4.85. The summed E-state index contributed by atoms with van der Waals surface area (Å²) in [7, 11) is 1.89. The van der Waals surface area contributed by atoms with Gasteiger partial charge in [0.2, 0.25) is 5.91 Å². The summed E-state index contributed by atoms with van der Waals surface area (Å²) in [4.78, 5) is 17.2. The van der Waals surface area contributed by atoms with Gasteiger partial charge in [-0.3, -0.25) is 14.8 Å². The molecule has 5 nitrogen and oxygen atoms in total. The number of piperidine rings is 1. The lowest BCUT2D eigenvalue weighted by molar-refractivity contribution is -0.137. The first-order chi connectivity index (χ1) is 11.6. The van der Waals surface area contributed by atoms with Gasteiger partial charge in [-0.1, -0.05) is 36.8 Å². The molecule has 0 spiro atoms. The summed E-state index contributed by atoms with van der Waals surface area (Å²) in [6, 6.07) is 10.4. The van der Waals surface area contributed by atoms with Gasteiger partial charge in [0.05, 0.1) is 12.2 Å². The monoisotopic (exact) mass is 326 g/mol. The van der Waals surface area contributed by atoms with Crippen molar-refractivity contribution in [3.63, 3.8) is 0 Å². The highest BCUT2D eigenvalue weighted by molar-refractivity contribution is 5.81. The van der Waals surface area contributed by atoms with Crippen molar-refractivity contribution < 1.29 is 4.79 Å². The topological polar surface area (TPSA) is 52.2 Å². The quantitative estimate of drug-likeness (QED) is 0.919. The molecule has 3 rings (SSSR count). The fraction of sp³-hybridized carbons (Fsp3) is 0.474. The lowest BCUT2D eigenvalue weighted by Gasteiger charge is -2.36. The van der Waals surface area contributed by atoms with Crippen molar-refractivity contribution in [2.24, 2.45) is 0 Å². The van der Waals surface area contributed by atoms with Crippen LogP contribution in [0.4, 0.5) is 0 Å². The number of hydrogen-bond donors (Lipinski definition) is 1. The number of rotatable bonds is 5. The summed E-state index contributed by atoms with van der Waals surface area (Å²) in [5, 5.41) is 6.98. The van der Waals surface area contributed by atoms with Gasteiger partial charge >= 0.3 is 0 Å². The smallest absolute Gasteiger partial charge is 0.239 e. The Kier molecular flexibility index (Phi) is 5.30. The lowest BCUT2D eigenvalue weighted by atomic mass is 9.99. The average molecular weight is 326 g/mol. The number of hydrogen-bond acceptors (Lipinski definition) is 3. The Hall–Kier alpha value is -2.14. The largest absolute Gasteiger partial charge is 0.340 e. The molecule has 0 saturated carbocycles. The average Bonchev–Trinajstić information content (AvgIpc) is 3.00. The highest BCUT2D eigenvalue weighted by Gasteiger charge is 2.30. The number of benzene rings is 1. The second-order valence-corrected chi connectivity index (χ2v) is 6.68. The van der Waals surface area contributed by atoms with Gasteiger partial charge in [0.15, 0.2) is 0 Å². The number of amides is 1. The summed E-state index contributed by atoms with van der Waals surface area (Å²) in [6.45, 7) is 4.43. The second kappa shape index (κ2) is 7.62. The first-order valence-electron chi connectivity index (χ1n) is 8.67. The lowest BCUT2D eigenvalue weighted by Crippen LogP contribution is -2.49. The molecule has 1 saturated heterocycles. The number of likely N-dealkylation sites (tertiary alicyclic amines) is 1. The van der Waals surface area contributed by atoms with E-state index in [0.717, 1.165) is 37.2 Å². The number of carbonyl (C=O) groups excluding carboxylic acids is 1. The van der Waals surface area contributed by atoms with Crippen LogP contribution in [-0.4, -0.2) is 45.5 Å². The van der Waals surface area contributed by atoms with Gasteiger partial charge in [-0.2, -0.15) is 5.10 Å². The van der Waals surface area contributed by atoms with Crippen molar-refractivity contribution in [2.45, 2.75) is 45.3 Å². The number of aryl methyl sites for hydroxylation is 1. The molecular weight excluding hydrogens is 300 g/mol. The molecule has 1 amide bonds. The molecule has 2 heterocycles. The van der Waals surface area contributed by atoms with Crippen molar-refractivity contribution in [1.82, 2.24) is 20.0 Å². The Morgan fingerprint density at radius 1 is 1.33 bits per heavy atom. The van der Waals surface area contributed by atoms with Crippen LogP contribution in [-0.2, 0) is 17.9 Å². The molecule has 0 aliphatic carbocycles. The van der Waals surface area contributed by atoms with Crippen molar-refractivity contribution in [1.29, 1.82) is 0 Å². The zero-order valence-electron chi connectivity index (χ0n) is 14.5. The minimum absolute atomic E-state index is 0.0174. The van der Waals surface area contributed by atoms with E-state index in [0.29, 0.717) is 6.54 Å². The molecule has 1 fully saturated rings. The van der Waals surface area contributed by atoms with E-state index in [9.17, 15) is 4.79 Å². The standard InChI is InChI=1S/C19H26N4O/c1-15-17(12-20-21-15)14-22(2)19(24)18-10-6-7-11-23(18)13-16-8-4-3-5-9-16/h3-5,8-9,12,18H,6-7,10-11,13-14H2,1-2H3,(H,20,21)/t18-/m1/s1. The van der Waals surface area contributed by atoms with Crippen LogP contribution in [0.5, 0.6) is 0 Å². The molecule has 1 aromatic heterocycles. The molecule has 128 valence electrons. The van der Waals surface area contributed by atoms with Gasteiger partial charge in [-0.05, 0) is 31.9 Å². The van der Waals surface area contributed by atoms with E-state index in [1.54, 1.807) is 0 Å². The minimum atomic E-state index is -0.0174. The maximum atomic E-state index is 13.0. The Labute approximate surface area is 143 Å². The molecule has 5 heteroatoms. The van der Waals surface area contributed by atoms with E-state index in [2.05, 4.69) is 39.4 Å². The summed E-state index contributed by atoms with van der Waals surface area (Å²) >= 11 is 0. The van der Waals surface area contributed by atoms with E-state index in [4.69, 9.17) is 0 Å². The molecule has 1 N–H and O–H groups in total. The SMILES string of the molecule is Cc1[nH]ncc1CN(C)C(=O)[C@H]1CCCCN1Cc1ccccc1. The normalized spacial score (nSPS) is 18.5. The van der Waals surface area contributed by atoms with Crippen LogP contribution in [0.2, 0.25) is 0 Å². The second-order valence-electron chi connectivity index (χ2n) is 6.68.